The molecule has 0 saturated heterocycles. The number of carbonyl (C=O) groups is 2. The highest BCUT2D eigenvalue weighted by Crippen LogP contribution is 2.21. The molecule has 1 rings (SSSR count). The molecule has 0 aliphatic carbocycles. The maximum atomic E-state index is 11.8. The number of carboxylic acid groups (broad SMARTS) is 2. The molecule has 1 unspecified atom stereocenters. The summed E-state index contributed by atoms with van der Waals surface area (Å²) in [6.07, 6.45) is -0.884. The molecule has 1 heterocycles. The molecule has 0 bridgehead atoms. The Morgan fingerprint density at radius 1 is 1.42 bits per heavy atom. The predicted octanol–water partition coefficient (Wildman–Crippen LogP) is -0.174. The Hall–Kier alpha value is -1.96. The van der Waals surface area contributed by atoms with Crippen LogP contribution in [0.5, 0.6) is 0 Å². The molecule has 0 spiro atoms. The highest BCUT2D eigenvalue weighted by Gasteiger charge is 2.28. The maximum Gasteiger partial charge on any atom is 0.322 e. The SMILES string of the molecule is N#Cc1ccc(S(=O)(=O)NC(CC(=O)O)C(=O)O)s1. The van der Waals surface area contributed by atoms with Crippen molar-refractivity contribution in [3.05, 3.63) is 17.0 Å². The molecule has 3 N–H and O–H groups in total. The van der Waals surface area contributed by atoms with Crippen LogP contribution in [0.4, 0.5) is 0 Å². The molecule has 1 atom stereocenters. The minimum absolute atomic E-state index is 0.144. The Balaban J connectivity index is 2.97. The number of thiophene rings is 1. The Labute approximate surface area is 112 Å². The van der Waals surface area contributed by atoms with Crippen LogP contribution in [0.2, 0.25) is 0 Å². The van der Waals surface area contributed by atoms with Gasteiger partial charge in [0.05, 0.1) is 6.42 Å². The molecule has 8 nitrogen and oxygen atoms in total. The van der Waals surface area contributed by atoms with Gasteiger partial charge in [-0.3, -0.25) is 9.59 Å². The summed E-state index contributed by atoms with van der Waals surface area (Å²) < 4.78 is 25.1. The smallest absolute Gasteiger partial charge is 0.322 e. The standard InChI is InChI=1S/C9H8N2O6S2/c10-4-5-1-2-8(18-5)19(16,17)11-6(9(14)15)3-7(12)13/h1-2,6,11H,3H2,(H,12,13)(H,14,15). The van der Waals surface area contributed by atoms with Gasteiger partial charge in [0.25, 0.3) is 10.0 Å². The molecule has 0 fully saturated rings. The van der Waals surface area contributed by atoms with Gasteiger partial charge in [0, 0.05) is 0 Å². The van der Waals surface area contributed by atoms with Crippen molar-refractivity contribution in [3.63, 3.8) is 0 Å². The van der Waals surface area contributed by atoms with Gasteiger partial charge in [0.15, 0.2) is 0 Å². The number of aliphatic carboxylic acids is 2. The number of nitriles is 1. The van der Waals surface area contributed by atoms with Crippen LogP contribution in [-0.2, 0) is 19.6 Å². The zero-order valence-corrected chi connectivity index (χ0v) is 10.9. The summed E-state index contributed by atoms with van der Waals surface area (Å²) in [6.45, 7) is 0. The number of nitrogens with zero attached hydrogens (tertiary/aromatic N) is 1. The second-order valence-corrected chi connectivity index (χ2v) is 6.37. The van der Waals surface area contributed by atoms with Gasteiger partial charge in [-0.15, -0.1) is 11.3 Å². The lowest BCUT2D eigenvalue weighted by Crippen LogP contribution is -2.41. The Kier molecular flexibility index (Phi) is 4.60. The van der Waals surface area contributed by atoms with Gasteiger partial charge in [-0.1, -0.05) is 0 Å². The zero-order valence-electron chi connectivity index (χ0n) is 9.23. The van der Waals surface area contributed by atoms with Crippen LogP contribution in [0.1, 0.15) is 11.3 Å². The number of hydrogen-bond acceptors (Lipinski definition) is 6. The highest BCUT2D eigenvalue weighted by atomic mass is 32.2. The molecule has 0 amide bonds. The Morgan fingerprint density at radius 2 is 2.05 bits per heavy atom. The number of carboxylic acids is 2. The normalized spacial score (nSPS) is 12.6. The van der Waals surface area contributed by atoms with Crippen molar-refractivity contribution >= 4 is 33.3 Å². The molecule has 1 aromatic rings. The van der Waals surface area contributed by atoms with E-state index in [0.717, 1.165) is 6.07 Å². The third kappa shape index (κ3) is 4.02. The molecule has 0 aliphatic heterocycles. The van der Waals surface area contributed by atoms with Crippen LogP contribution < -0.4 is 4.72 Å². The van der Waals surface area contributed by atoms with Crippen LogP contribution in [-0.4, -0.2) is 36.6 Å². The molecular weight excluding hydrogens is 296 g/mol. The summed E-state index contributed by atoms with van der Waals surface area (Å²) in [7, 11) is -4.17. The fourth-order valence-corrected chi connectivity index (χ4v) is 3.43. The van der Waals surface area contributed by atoms with Crippen molar-refractivity contribution < 1.29 is 28.2 Å². The van der Waals surface area contributed by atoms with Crippen molar-refractivity contribution in [2.75, 3.05) is 0 Å². The van der Waals surface area contributed by atoms with E-state index in [1.54, 1.807) is 10.8 Å². The summed E-state index contributed by atoms with van der Waals surface area (Å²) in [5.41, 5.74) is 0. The van der Waals surface area contributed by atoms with E-state index in [1.807, 2.05) is 0 Å². The lowest BCUT2D eigenvalue weighted by molar-refractivity contribution is -0.145. The molecule has 10 heteroatoms. The minimum atomic E-state index is -4.17. The summed E-state index contributed by atoms with van der Waals surface area (Å²) in [5.74, 6) is -3.04. The van der Waals surface area contributed by atoms with E-state index in [1.165, 1.54) is 6.07 Å². The summed E-state index contributed by atoms with van der Waals surface area (Å²) in [6, 6.07) is 2.39. The molecule has 0 radical (unpaired) electrons. The molecule has 1 aromatic heterocycles. The topological polar surface area (TPSA) is 145 Å². The van der Waals surface area contributed by atoms with E-state index in [-0.39, 0.29) is 9.09 Å². The first-order valence-electron chi connectivity index (χ1n) is 4.73. The van der Waals surface area contributed by atoms with Crippen LogP contribution in [0.3, 0.4) is 0 Å². The monoisotopic (exact) mass is 304 g/mol. The van der Waals surface area contributed by atoms with E-state index >= 15 is 0 Å². The van der Waals surface area contributed by atoms with E-state index in [4.69, 9.17) is 15.5 Å². The third-order valence-corrected chi connectivity index (χ3v) is 4.88. The first kappa shape index (κ1) is 15.1. The first-order valence-corrected chi connectivity index (χ1v) is 7.03. The van der Waals surface area contributed by atoms with E-state index < -0.39 is 34.4 Å². The summed E-state index contributed by atoms with van der Waals surface area (Å²) in [4.78, 5) is 21.4. The van der Waals surface area contributed by atoms with Crippen LogP contribution in [0.15, 0.2) is 16.3 Å². The van der Waals surface area contributed by atoms with Gasteiger partial charge in [0.2, 0.25) is 0 Å². The second kappa shape index (κ2) is 5.79. The summed E-state index contributed by atoms with van der Waals surface area (Å²) in [5, 5.41) is 25.8. The van der Waals surface area contributed by atoms with Crippen LogP contribution >= 0.6 is 11.3 Å². The number of rotatable bonds is 6. The first-order chi connectivity index (χ1) is 8.76. The van der Waals surface area contributed by atoms with Gasteiger partial charge in [-0.2, -0.15) is 9.98 Å². The number of nitrogens with one attached hydrogen (secondary N) is 1. The van der Waals surface area contributed by atoms with E-state index in [2.05, 4.69) is 0 Å². The third-order valence-electron chi connectivity index (χ3n) is 1.93. The maximum absolute atomic E-state index is 11.8. The molecule has 102 valence electrons. The highest BCUT2D eigenvalue weighted by molar-refractivity contribution is 7.91. The Bertz CT molecular complexity index is 642. The van der Waals surface area contributed by atoms with E-state index in [9.17, 15) is 18.0 Å². The predicted molar refractivity (Wildman–Crippen MR) is 63.0 cm³/mol. The number of hydrogen-bond donors (Lipinski definition) is 3. The van der Waals surface area contributed by atoms with Crippen molar-refractivity contribution in [2.24, 2.45) is 0 Å². The molecule has 0 saturated carbocycles. The fraction of sp³-hybridized carbons (Fsp3) is 0.222. The fourth-order valence-electron chi connectivity index (χ4n) is 1.12. The number of sulfonamides is 1. The van der Waals surface area contributed by atoms with Gasteiger partial charge in [-0.05, 0) is 12.1 Å². The van der Waals surface area contributed by atoms with Crippen LogP contribution in [0, 0.1) is 11.3 Å². The average Bonchev–Trinajstić information content (AvgIpc) is 2.76. The quantitative estimate of drug-likeness (QED) is 0.661. The van der Waals surface area contributed by atoms with E-state index in [0.29, 0.717) is 11.3 Å². The second-order valence-electron chi connectivity index (χ2n) is 3.34. The van der Waals surface area contributed by atoms with Crippen molar-refractivity contribution in [1.82, 2.24) is 4.72 Å². The lowest BCUT2D eigenvalue weighted by atomic mass is 10.2. The van der Waals surface area contributed by atoms with Gasteiger partial charge in [-0.25, -0.2) is 8.42 Å². The molecular formula is C9H8N2O6S2. The summed E-state index contributed by atoms with van der Waals surface area (Å²) >= 11 is 0.660. The van der Waals surface area contributed by atoms with Gasteiger partial charge < -0.3 is 10.2 Å². The van der Waals surface area contributed by atoms with Crippen LogP contribution in [0.25, 0.3) is 0 Å². The molecule has 19 heavy (non-hydrogen) atoms. The lowest BCUT2D eigenvalue weighted by Gasteiger charge is -2.11. The average molecular weight is 304 g/mol. The van der Waals surface area contributed by atoms with Gasteiger partial charge >= 0.3 is 11.9 Å². The minimum Gasteiger partial charge on any atom is -0.481 e. The Morgan fingerprint density at radius 3 is 2.47 bits per heavy atom. The van der Waals surface area contributed by atoms with Crippen molar-refractivity contribution in [3.8, 4) is 6.07 Å². The molecule has 0 aliphatic rings. The largest absolute Gasteiger partial charge is 0.481 e. The molecule has 0 aromatic carbocycles. The van der Waals surface area contributed by atoms with Crippen molar-refractivity contribution in [2.45, 2.75) is 16.7 Å². The van der Waals surface area contributed by atoms with Crippen molar-refractivity contribution in [1.29, 1.82) is 5.26 Å². The zero-order chi connectivity index (χ0) is 14.6. The van der Waals surface area contributed by atoms with Gasteiger partial charge in [0.1, 0.15) is 21.2 Å².